The highest BCUT2D eigenvalue weighted by molar-refractivity contribution is 5.69. The Bertz CT molecular complexity index is 1140. The SMILES string of the molecule is COC(=O)CCCCNC1CCc2c(-c3noc(-c4ccc(OC(C)C)c(N)c4)n3)cccc21. The molecule has 0 radical (unpaired) electrons. The summed E-state index contributed by atoms with van der Waals surface area (Å²) in [5.41, 5.74) is 11.0. The lowest BCUT2D eigenvalue weighted by Gasteiger charge is -2.14. The zero-order chi connectivity index (χ0) is 24.1. The van der Waals surface area contributed by atoms with E-state index in [1.165, 1.54) is 18.2 Å². The molecular weight excluding hydrogens is 432 g/mol. The van der Waals surface area contributed by atoms with Crippen molar-refractivity contribution in [1.82, 2.24) is 15.5 Å². The van der Waals surface area contributed by atoms with Gasteiger partial charge in [-0.25, -0.2) is 0 Å². The molecule has 2 aromatic carbocycles. The van der Waals surface area contributed by atoms with Gasteiger partial charge in [-0.1, -0.05) is 23.4 Å². The predicted molar refractivity (Wildman–Crippen MR) is 130 cm³/mol. The zero-order valence-corrected chi connectivity index (χ0v) is 20.0. The third kappa shape index (κ3) is 5.39. The van der Waals surface area contributed by atoms with Gasteiger partial charge < -0.3 is 25.0 Å². The molecular formula is C26H32N4O4. The van der Waals surface area contributed by atoms with Crippen molar-refractivity contribution in [2.24, 2.45) is 0 Å². The Morgan fingerprint density at radius 1 is 1.26 bits per heavy atom. The van der Waals surface area contributed by atoms with E-state index in [0.29, 0.717) is 29.6 Å². The van der Waals surface area contributed by atoms with Gasteiger partial charge in [0.1, 0.15) is 5.75 Å². The highest BCUT2D eigenvalue weighted by atomic mass is 16.5. The summed E-state index contributed by atoms with van der Waals surface area (Å²) in [5.74, 6) is 1.49. The fourth-order valence-corrected chi connectivity index (χ4v) is 4.34. The number of carbonyl (C=O) groups excluding carboxylic acids is 1. The summed E-state index contributed by atoms with van der Waals surface area (Å²) < 4.78 is 16.0. The maximum Gasteiger partial charge on any atom is 0.305 e. The summed E-state index contributed by atoms with van der Waals surface area (Å²) in [6.07, 6.45) is 4.22. The first-order valence-corrected chi connectivity index (χ1v) is 11.8. The molecule has 0 bridgehead atoms. The fraction of sp³-hybridized carbons (Fsp3) is 0.423. The van der Waals surface area contributed by atoms with Crippen LogP contribution in [0.2, 0.25) is 0 Å². The molecule has 3 N–H and O–H groups in total. The lowest BCUT2D eigenvalue weighted by Crippen LogP contribution is -2.20. The average Bonchev–Trinajstić information content (AvgIpc) is 3.47. The van der Waals surface area contributed by atoms with Gasteiger partial charge in [0.05, 0.1) is 18.9 Å². The number of nitrogens with zero attached hydrogens (tertiary/aromatic N) is 2. The average molecular weight is 465 g/mol. The van der Waals surface area contributed by atoms with E-state index in [4.69, 9.17) is 19.7 Å². The summed E-state index contributed by atoms with van der Waals surface area (Å²) in [7, 11) is 1.42. The Hall–Kier alpha value is -3.39. The minimum Gasteiger partial charge on any atom is -0.489 e. The van der Waals surface area contributed by atoms with Gasteiger partial charge in [-0.2, -0.15) is 4.98 Å². The number of rotatable bonds is 10. The van der Waals surface area contributed by atoms with Crippen molar-refractivity contribution in [1.29, 1.82) is 0 Å². The molecule has 8 heteroatoms. The number of nitrogens with one attached hydrogen (secondary N) is 1. The van der Waals surface area contributed by atoms with Gasteiger partial charge in [-0.3, -0.25) is 4.79 Å². The van der Waals surface area contributed by atoms with Gasteiger partial charge >= 0.3 is 5.97 Å². The number of benzene rings is 2. The van der Waals surface area contributed by atoms with Crippen LogP contribution >= 0.6 is 0 Å². The number of fused-ring (bicyclic) bond motifs is 1. The molecule has 0 saturated carbocycles. The van der Waals surface area contributed by atoms with Crippen molar-refractivity contribution in [3.63, 3.8) is 0 Å². The second-order valence-electron chi connectivity index (χ2n) is 8.79. The Balaban J connectivity index is 1.45. The first-order valence-electron chi connectivity index (χ1n) is 11.8. The van der Waals surface area contributed by atoms with Crippen LogP contribution in [0.5, 0.6) is 5.75 Å². The summed E-state index contributed by atoms with van der Waals surface area (Å²) in [5, 5.41) is 7.88. The number of nitrogens with two attached hydrogens (primary N) is 1. The van der Waals surface area contributed by atoms with Crippen LogP contribution in [0.1, 0.15) is 56.7 Å². The van der Waals surface area contributed by atoms with E-state index in [2.05, 4.69) is 21.5 Å². The number of hydrogen-bond donors (Lipinski definition) is 2. The number of ether oxygens (including phenoxy) is 2. The van der Waals surface area contributed by atoms with Gasteiger partial charge in [0, 0.05) is 23.6 Å². The summed E-state index contributed by atoms with van der Waals surface area (Å²) in [4.78, 5) is 15.9. The number of hydrogen-bond acceptors (Lipinski definition) is 8. The Morgan fingerprint density at radius 3 is 2.88 bits per heavy atom. The quantitative estimate of drug-likeness (QED) is 0.252. The van der Waals surface area contributed by atoms with Crippen molar-refractivity contribution < 1.29 is 18.8 Å². The first-order chi connectivity index (χ1) is 16.5. The van der Waals surface area contributed by atoms with Crippen LogP contribution in [0, 0.1) is 0 Å². The van der Waals surface area contributed by atoms with Crippen LogP contribution in [0.3, 0.4) is 0 Å². The first kappa shape index (κ1) is 23.8. The van der Waals surface area contributed by atoms with E-state index in [-0.39, 0.29) is 18.1 Å². The van der Waals surface area contributed by atoms with Crippen LogP contribution in [0.25, 0.3) is 22.8 Å². The van der Waals surface area contributed by atoms with E-state index in [1.807, 2.05) is 38.1 Å². The molecule has 34 heavy (non-hydrogen) atoms. The van der Waals surface area contributed by atoms with Crippen molar-refractivity contribution in [2.75, 3.05) is 19.4 Å². The molecule has 1 unspecified atom stereocenters. The van der Waals surface area contributed by atoms with Gasteiger partial charge in [0.25, 0.3) is 5.89 Å². The molecule has 4 rings (SSSR count). The van der Waals surface area contributed by atoms with Crippen LogP contribution in [0.15, 0.2) is 40.9 Å². The molecule has 1 heterocycles. The monoisotopic (exact) mass is 464 g/mol. The third-order valence-corrected chi connectivity index (χ3v) is 5.98. The van der Waals surface area contributed by atoms with E-state index in [0.717, 1.165) is 43.4 Å². The number of nitrogen functional groups attached to an aromatic ring is 1. The Labute approximate surface area is 199 Å². The Morgan fingerprint density at radius 2 is 2.12 bits per heavy atom. The molecule has 1 atom stereocenters. The van der Waals surface area contributed by atoms with Crippen molar-refractivity contribution in [3.8, 4) is 28.6 Å². The van der Waals surface area contributed by atoms with E-state index in [1.54, 1.807) is 6.07 Å². The molecule has 0 fully saturated rings. The standard InChI is InChI=1S/C26H32N4O4/c1-16(2)33-23-13-10-17(15-21(23)27)26-29-25(30-34-26)20-8-6-7-19-18(20)11-12-22(19)28-14-5-4-9-24(31)32-3/h6-8,10,13,15-16,22,28H,4-5,9,11-12,14,27H2,1-3H3. The number of carbonyl (C=O) groups is 1. The minimum atomic E-state index is -0.155. The molecule has 0 amide bonds. The molecule has 1 aliphatic carbocycles. The van der Waals surface area contributed by atoms with Crippen molar-refractivity contribution in [2.45, 2.75) is 58.1 Å². The van der Waals surface area contributed by atoms with E-state index < -0.39 is 0 Å². The lowest BCUT2D eigenvalue weighted by atomic mass is 10.0. The smallest absolute Gasteiger partial charge is 0.305 e. The van der Waals surface area contributed by atoms with Crippen LogP contribution in [-0.2, 0) is 16.0 Å². The summed E-state index contributed by atoms with van der Waals surface area (Å²) >= 11 is 0. The normalized spacial score (nSPS) is 14.9. The zero-order valence-electron chi connectivity index (χ0n) is 20.0. The van der Waals surface area contributed by atoms with Gasteiger partial charge in [0.15, 0.2) is 0 Å². The van der Waals surface area contributed by atoms with Crippen molar-refractivity contribution >= 4 is 11.7 Å². The maximum atomic E-state index is 11.3. The van der Waals surface area contributed by atoms with E-state index >= 15 is 0 Å². The lowest BCUT2D eigenvalue weighted by molar-refractivity contribution is -0.140. The second kappa shape index (κ2) is 10.7. The third-order valence-electron chi connectivity index (χ3n) is 5.98. The molecule has 3 aromatic rings. The second-order valence-corrected chi connectivity index (χ2v) is 8.79. The summed E-state index contributed by atoms with van der Waals surface area (Å²) in [6, 6.07) is 12.0. The molecule has 0 spiro atoms. The largest absolute Gasteiger partial charge is 0.489 e. The topological polar surface area (TPSA) is 112 Å². The maximum absolute atomic E-state index is 11.3. The van der Waals surface area contributed by atoms with Crippen molar-refractivity contribution in [3.05, 3.63) is 47.5 Å². The van der Waals surface area contributed by atoms with E-state index in [9.17, 15) is 4.79 Å². The molecule has 180 valence electrons. The van der Waals surface area contributed by atoms with Gasteiger partial charge in [0.2, 0.25) is 5.82 Å². The van der Waals surface area contributed by atoms with Crippen LogP contribution in [0.4, 0.5) is 5.69 Å². The number of unbranched alkanes of at least 4 members (excludes halogenated alkanes) is 1. The highest BCUT2D eigenvalue weighted by Crippen LogP contribution is 2.37. The number of esters is 1. The minimum absolute atomic E-state index is 0.0431. The Kier molecular flexibility index (Phi) is 7.47. The highest BCUT2D eigenvalue weighted by Gasteiger charge is 2.26. The molecule has 0 aliphatic heterocycles. The molecule has 0 saturated heterocycles. The fourth-order valence-electron chi connectivity index (χ4n) is 4.34. The van der Waals surface area contributed by atoms with Gasteiger partial charge in [-0.15, -0.1) is 0 Å². The number of aromatic nitrogens is 2. The molecule has 1 aliphatic rings. The number of anilines is 1. The van der Waals surface area contributed by atoms with Crippen LogP contribution in [-0.4, -0.2) is 35.9 Å². The summed E-state index contributed by atoms with van der Waals surface area (Å²) in [6.45, 7) is 4.78. The predicted octanol–water partition coefficient (Wildman–Crippen LogP) is 4.69. The van der Waals surface area contributed by atoms with Crippen LogP contribution < -0.4 is 15.8 Å². The molecule has 8 nitrogen and oxygen atoms in total. The number of methoxy groups -OCH3 is 1. The van der Waals surface area contributed by atoms with Gasteiger partial charge in [-0.05, 0) is 75.4 Å². The molecule has 1 aromatic heterocycles.